The Morgan fingerprint density at radius 1 is 1.00 bits per heavy atom. The van der Waals surface area contributed by atoms with Gasteiger partial charge in [0.2, 0.25) is 11.8 Å². The molecule has 0 heterocycles. The van der Waals surface area contributed by atoms with Crippen LogP contribution in [-0.2, 0) is 39.9 Å². The summed E-state index contributed by atoms with van der Waals surface area (Å²) in [6.45, 7) is 4.16. The standard InChI is InChI=1S/C21H27FN2O8/c1-4-31-17(26)11-15(21(30)32-5-2)18(20(28)29)24-19(27)16(23-12(3)25)10-13-6-8-14(22)9-7-13/h6-9,15-16,18H,4-5,10-11H2,1-3H3,(H,23,25)(H,24,27)(H,28,29)/t15-,16+,18-/m1/s1. The fourth-order valence-corrected chi connectivity index (χ4v) is 2.89. The Bertz CT molecular complexity index is 828. The molecule has 11 heteroatoms. The fraction of sp³-hybridized carbons (Fsp3) is 0.476. The summed E-state index contributed by atoms with van der Waals surface area (Å²) in [4.78, 5) is 60.5. The maximum Gasteiger partial charge on any atom is 0.327 e. The van der Waals surface area contributed by atoms with E-state index in [0.29, 0.717) is 5.56 Å². The largest absolute Gasteiger partial charge is 0.480 e. The van der Waals surface area contributed by atoms with Gasteiger partial charge in [0.15, 0.2) is 0 Å². The van der Waals surface area contributed by atoms with Gasteiger partial charge in [0, 0.05) is 13.3 Å². The van der Waals surface area contributed by atoms with Crippen molar-refractivity contribution in [2.45, 2.75) is 45.7 Å². The number of halogens is 1. The summed E-state index contributed by atoms with van der Waals surface area (Å²) in [6, 6.07) is 2.13. The van der Waals surface area contributed by atoms with E-state index in [1.807, 2.05) is 0 Å². The molecule has 32 heavy (non-hydrogen) atoms. The van der Waals surface area contributed by atoms with Gasteiger partial charge in [0.1, 0.15) is 17.9 Å². The second-order valence-electron chi connectivity index (χ2n) is 6.78. The van der Waals surface area contributed by atoms with Crippen LogP contribution in [0.25, 0.3) is 0 Å². The number of ether oxygens (including phenoxy) is 2. The van der Waals surface area contributed by atoms with Gasteiger partial charge in [0.25, 0.3) is 0 Å². The molecule has 176 valence electrons. The van der Waals surface area contributed by atoms with Gasteiger partial charge in [-0.1, -0.05) is 12.1 Å². The Morgan fingerprint density at radius 3 is 2.09 bits per heavy atom. The monoisotopic (exact) mass is 454 g/mol. The molecule has 3 N–H and O–H groups in total. The highest BCUT2D eigenvalue weighted by Crippen LogP contribution is 2.15. The average Bonchev–Trinajstić information content (AvgIpc) is 2.71. The van der Waals surface area contributed by atoms with Crippen molar-refractivity contribution in [3.05, 3.63) is 35.6 Å². The first-order valence-electron chi connectivity index (χ1n) is 9.95. The lowest BCUT2D eigenvalue weighted by Crippen LogP contribution is -2.55. The van der Waals surface area contributed by atoms with Crippen molar-refractivity contribution in [1.29, 1.82) is 0 Å². The van der Waals surface area contributed by atoms with Crippen LogP contribution < -0.4 is 10.6 Å². The van der Waals surface area contributed by atoms with Gasteiger partial charge in [-0.15, -0.1) is 0 Å². The van der Waals surface area contributed by atoms with Crippen LogP contribution in [0.15, 0.2) is 24.3 Å². The van der Waals surface area contributed by atoms with Crippen molar-refractivity contribution in [2.75, 3.05) is 13.2 Å². The van der Waals surface area contributed by atoms with Gasteiger partial charge in [0.05, 0.1) is 25.6 Å². The quantitative estimate of drug-likeness (QED) is 0.388. The van der Waals surface area contributed by atoms with Crippen LogP contribution in [-0.4, -0.2) is 60.1 Å². The minimum absolute atomic E-state index is 0.0146. The zero-order chi connectivity index (χ0) is 24.3. The number of amides is 2. The molecule has 3 atom stereocenters. The van der Waals surface area contributed by atoms with Gasteiger partial charge in [-0.3, -0.25) is 19.2 Å². The Balaban J connectivity index is 3.13. The molecule has 2 amide bonds. The lowest BCUT2D eigenvalue weighted by atomic mass is 9.95. The fourth-order valence-electron chi connectivity index (χ4n) is 2.89. The first-order chi connectivity index (χ1) is 15.1. The van der Waals surface area contributed by atoms with Crippen molar-refractivity contribution in [3.63, 3.8) is 0 Å². The van der Waals surface area contributed by atoms with E-state index in [2.05, 4.69) is 10.6 Å². The van der Waals surface area contributed by atoms with Crippen molar-refractivity contribution in [1.82, 2.24) is 10.6 Å². The molecule has 0 aliphatic rings. The van der Waals surface area contributed by atoms with E-state index in [1.165, 1.54) is 38.1 Å². The molecule has 0 bridgehead atoms. The lowest BCUT2D eigenvalue weighted by Gasteiger charge is -2.25. The molecule has 1 aromatic carbocycles. The van der Waals surface area contributed by atoms with Gasteiger partial charge in [-0.25, -0.2) is 9.18 Å². The SMILES string of the molecule is CCOC(=O)C[C@@H](C(=O)OCC)[C@@H](NC(=O)[C@H](Cc1ccc(F)cc1)NC(C)=O)C(=O)O. The second-order valence-corrected chi connectivity index (χ2v) is 6.78. The number of aliphatic carboxylic acids is 1. The number of carboxylic acid groups (broad SMARTS) is 1. The van der Waals surface area contributed by atoms with E-state index < -0.39 is 60.0 Å². The third kappa shape index (κ3) is 8.70. The van der Waals surface area contributed by atoms with Crippen molar-refractivity contribution < 1.29 is 42.9 Å². The number of carbonyl (C=O) groups excluding carboxylic acids is 4. The molecule has 0 aliphatic carbocycles. The molecule has 0 spiro atoms. The zero-order valence-corrected chi connectivity index (χ0v) is 18.1. The predicted octanol–water partition coefficient (Wildman–Crippen LogP) is 0.575. The van der Waals surface area contributed by atoms with Crippen LogP contribution >= 0.6 is 0 Å². The summed E-state index contributed by atoms with van der Waals surface area (Å²) in [5.74, 6) is -6.93. The van der Waals surface area contributed by atoms with E-state index in [9.17, 15) is 33.5 Å². The minimum atomic E-state index is -1.82. The van der Waals surface area contributed by atoms with Crippen LogP contribution in [0.2, 0.25) is 0 Å². The summed E-state index contributed by atoms with van der Waals surface area (Å²) in [6.07, 6.45) is -0.702. The topological polar surface area (TPSA) is 148 Å². The van der Waals surface area contributed by atoms with Crippen LogP contribution in [0.1, 0.15) is 32.8 Å². The third-order valence-electron chi connectivity index (χ3n) is 4.29. The van der Waals surface area contributed by atoms with Crippen LogP contribution in [0.4, 0.5) is 4.39 Å². The number of hydrogen-bond acceptors (Lipinski definition) is 7. The lowest BCUT2D eigenvalue weighted by molar-refractivity contribution is -0.160. The normalized spacial score (nSPS) is 13.2. The first kappa shape index (κ1) is 26.5. The molecule has 0 saturated carbocycles. The predicted molar refractivity (Wildman–Crippen MR) is 109 cm³/mol. The summed E-state index contributed by atoms with van der Waals surface area (Å²) in [7, 11) is 0. The number of carbonyl (C=O) groups is 5. The molecule has 0 radical (unpaired) electrons. The van der Waals surface area contributed by atoms with Crippen LogP contribution in [0.5, 0.6) is 0 Å². The Kier molecular flexibility index (Phi) is 10.8. The number of benzene rings is 1. The number of hydrogen-bond donors (Lipinski definition) is 3. The van der Waals surface area contributed by atoms with Crippen molar-refractivity contribution in [2.24, 2.45) is 5.92 Å². The number of rotatable bonds is 12. The Hall–Kier alpha value is -3.50. The van der Waals surface area contributed by atoms with Crippen molar-refractivity contribution in [3.8, 4) is 0 Å². The van der Waals surface area contributed by atoms with Gasteiger partial charge in [-0.05, 0) is 31.5 Å². The molecule has 0 aromatic heterocycles. The van der Waals surface area contributed by atoms with E-state index in [4.69, 9.17) is 9.47 Å². The molecule has 1 rings (SSSR count). The zero-order valence-electron chi connectivity index (χ0n) is 18.1. The molecule has 0 aliphatic heterocycles. The molecule has 10 nitrogen and oxygen atoms in total. The molecular formula is C21H27FN2O8. The summed E-state index contributed by atoms with van der Waals surface area (Å²) >= 11 is 0. The minimum Gasteiger partial charge on any atom is -0.480 e. The van der Waals surface area contributed by atoms with E-state index >= 15 is 0 Å². The maximum absolute atomic E-state index is 13.1. The number of esters is 2. The van der Waals surface area contributed by atoms with Gasteiger partial charge in [-0.2, -0.15) is 0 Å². The van der Waals surface area contributed by atoms with E-state index in [-0.39, 0.29) is 19.6 Å². The van der Waals surface area contributed by atoms with Gasteiger partial charge >= 0.3 is 17.9 Å². The Labute approximate surface area is 184 Å². The smallest absolute Gasteiger partial charge is 0.327 e. The van der Waals surface area contributed by atoms with Crippen LogP contribution in [0, 0.1) is 11.7 Å². The second kappa shape index (κ2) is 13.0. The molecule has 0 unspecified atom stereocenters. The highest BCUT2D eigenvalue weighted by Gasteiger charge is 2.39. The third-order valence-corrected chi connectivity index (χ3v) is 4.29. The van der Waals surface area contributed by atoms with Crippen LogP contribution in [0.3, 0.4) is 0 Å². The maximum atomic E-state index is 13.1. The summed E-state index contributed by atoms with van der Waals surface area (Å²) in [5.41, 5.74) is 0.501. The molecule has 1 aromatic rings. The average molecular weight is 454 g/mol. The van der Waals surface area contributed by atoms with E-state index in [1.54, 1.807) is 6.92 Å². The summed E-state index contributed by atoms with van der Waals surface area (Å²) < 4.78 is 22.8. The number of nitrogens with one attached hydrogen (secondary N) is 2. The molecular weight excluding hydrogens is 427 g/mol. The first-order valence-corrected chi connectivity index (χ1v) is 9.95. The highest BCUT2D eigenvalue weighted by atomic mass is 19.1. The molecule has 0 saturated heterocycles. The van der Waals surface area contributed by atoms with Crippen molar-refractivity contribution >= 4 is 29.7 Å². The summed E-state index contributed by atoms with van der Waals surface area (Å²) in [5, 5.41) is 14.2. The Morgan fingerprint density at radius 2 is 1.59 bits per heavy atom. The van der Waals surface area contributed by atoms with E-state index in [0.717, 1.165) is 0 Å². The van der Waals surface area contributed by atoms with Gasteiger partial charge < -0.3 is 25.2 Å². The number of carboxylic acids is 1. The highest BCUT2D eigenvalue weighted by molar-refractivity contribution is 5.93. The molecule has 0 fully saturated rings.